The molecule has 0 aromatic heterocycles. The molecule has 1 unspecified atom stereocenters. The fourth-order valence-corrected chi connectivity index (χ4v) is 6.18. The Labute approximate surface area is 217 Å². The molecule has 6 nitrogen and oxygen atoms in total. The average Bonchev–Trinajstić information content (AvgIpc) is 2.89. The van der Waals surface area contributed by atoms with Gasteiger partial charge in [0.25, 0.3) is 10.0 Å². The molecule has 2 aliphatic heterocycles. The maximum atomic E-state index is 14.1. The van der Waals surface area contributed by atoms with E-state index in [0.29, 0.717) is 11.4 Å². The van der Waals surface area contributed by atoms with Gasteiger partial charge in [0.05, 0.1) is 28.9 Å². The number of anilines is 1. The lowest BCUT2D eigenvalue weighted by Gasteiger charge is -2.46. The van der Waals surface area contributed by atoms with Crippen LogP contribution in [-0.4, -0.2) is 31.3 Å². The summed E-state index contributed by atoms with van der Waals surface area (Å²) < 4.78 is 34.7. The number of carbonyl (C=O) groups is 1. The normalized spacial score (nSPS) is 18.0. The second-order valence-electron chi connectivity index (χ2n) is 9.04. The van der Waals surface area contributed by atoms with Gasteiger partial charge in [-0.15, -0.1) is 0 Å². The number of para-hydroxylation sites is 1. The lowest BCUT2D eigenvalue weighted by molar-refractivity contribution is -0.137. The highest BCUT2D eigenvalue weighted by Gasteiger charge is 2.42. The number of ether oxygens (including phenoxy) is 1. The van der Waals surface area contributed by atoms with Gasteiger partial charge in [-0.3, -0.25) is 0 Å². The first kappa shape index (κ1) is 24.6. The number of aryl methyl sites for hydroxylation is 1. The van der Waals surface area contributed by atoms with Gasteiger partial charge in [-0.2, -0.15) is 0 Å². The Hall–Kier alpha value is -4.10. The fourth-order valence-electron chi connectivity index (χ4n) is 4.80. The van der Waals surface area contributed by atoms with Crippen molar-refractivity contribution in [3.8, 4) is 0 Å². The maximum absolute atomic E-state index is 14.1. The molecule has 0 spiro atoms. The third-order valence-electron chi connectivity index (χ3n) is 6.50. The summed E-state index contributed by atoms with van der Waals surface area (Å²) in [5.74, 6) is -0.593. The number of hydrogen-bond acceptors (Lipinski definition) is 5. The molecule has 0 fully saturated rings. The maximum Gasteiger partial charge on any atom is 0.332 e. The summed E-state index contributed by atoms with van der Waals surface area (Å²) in [6.45, 7) is 5.77. The molecule has 0 radical (unpaired) electrons. The largest absolute Gasteiger partial charge is 0.463 e. The third kappa shape index (κ3) is 4.47. The molecule has 5 rings (SSSR count). The summed E-state index contributed by atoms with van der Waals surface area (Å²) in [4.78, 5) is 15.0. The Balaban J connectivity index is 1.81. The molecular weight excluding hydrogens is 484 g/mol. The minimum absolute atomic E-state index is 0.141. The van der Waals surface area contributed by atoms with Gasteiger partial charge in [0, 0.05) is 18.0 Å². The first-order valence-corrected chi connectivity index (χ1v) is 13.6. The Morgan fingerprint density at radius 1 is 0.946 bits per heavy atom. The molecular formula is C30H28N2O4S. The molecule has 3 aromatic rings. The first-order valence-electron chi connectivity index (χ1n) is 12.1. The van der Waals surface area contributed by atoms with Gasteiger partial charge < -0.3 is 9.64 Å². The molecule has 0 N–H and O–H groups in total. The lowest BCUT2D eigenvalue weighted by Crippen LogP contribution is -2.48. The number of nitrogens with zero attached hydrogens (tertiary/aromatic N) is 2. The van der Waals surface area contributed by atoms with Crippen LogP contribution in [0.25, 0.3) is 11.8 Å². The van der Waals surface area contributed by atoms with Gasteiger partial charge >= 0.3 is 5.97 Å². The SMILES string of the molecule is CCOC(=O)/C=C1\C2C(C)=Cc3ccccc3N2C(c2ccccc2)=CN1S(=O)(=O)c1ccc(C)cc1. The number of benzene rings is 3. The van der Waals surface area contributed by atoms with Crippen molar-refractivity contribution in [3.63, 3.8) is 0 Å². The Bertz CT molecular complexity index is 1540. The second kappa shape index (κ2) is 9.75. The van der Waals surface area contributed by atoms with Crippen molar-refractivity contribution in [1.82, 2.24) is 4.31 Å². The summed E-state index contributed by atoms with van der Waals surface area (Å²) in [6, 6.07) is 23.8. The van der Waals surface area contributed by atoms with Crippen molar-refractivity contribution in [2.45, 2.75) is 31.7 Å². The smallest absolute Gasteiger partial charge is 0.332 e. The monoisotopic (exact) mass is 512 g/mol. The Morgan fingerprint density at radius 3 is 2.32 bits per heavy atom. The Morgan fingerprint density at radius 2 is 1.62 bits per heavy atom. The van der Waals surface area contributed by atoms with Gasteiger partial charge in [-0.1, -0.05) is 72.3 Å². The molecule has 7 heteroatoms. The topological polar surface area (TPSA) is 66.9 Å². The van der Waals surface area contributed by atoms with E-state index in [-0.39, 0.29) is 11.5 Å². The van der Waals surface area contributed by atoms with Crippen molar-refractivity contribution >= 4 is 33.5 Å². The molecule has 1 atom stereocenters. The van der Waals surface area contributed by atoms with Crippen molar-refractivity contribution in [1.29, 1.82) is 0 Å². The zero-order valence-electron chi connectivity index (χ0n) is 21.0. The van der Waals surface area contributed by atoms with E-state index in [9.17, 15) is 13.2 Å². The molecule has 0 saturated carbocycles. The second-order valence-corrected chi connectivity index (χ2v) is 10.9. The van der Waals surface area contributed by atoms with E-state index in [1.165, 1.54) is 10.4 Å². The predicted molar refractivity (Wildman–Crippen MR) is 146 cm³/mol. The average molecular weight is 513 g/mol. The molecule has 2 aliphatic rings. The minimum atomic E-state index is -4.05. The zero-order valence-corrected chi connectivity index (χ0v) is 21.8. The van der Waals surface area contributed by atoms with Crippen LogP contribution in [0.5, 0.6) is 0 Å². The van der Waals surface area contributed by atoms with E-state index < -0.39 is 22.0 Å². The Kier molecular flexibility index (Phi) is 6.48. The summed E-state index contributed by atoms with van der Waals surface area (Å²) in [5.41, 5.74) is 5.67. The van der Waals surface area contributed by atoms with Gasteiger partial charge in [0.1, 0.15) is 0 Å². The number of carbonyl (C=O) groups excluding carboxylic acids is 1. The number of hydrogen-bond donors (Lipinski definition) is 0. The third-order valence-corrected chi connectivity index (χ3v) is 8.20. The van der Waals surface area contributed by atoms with Crippen LogP contribution < -0.4 is 4.90 Å². The number of rotatable bonds is 5. The van der Waals surface area contributed by atoms with Gasteiger partial charge in [0.2, 0.25) is 0 Å². The predicted octanol–water partition coefficient (Wildman–Crippen LogP) is 5.74. The zero-order chi connectivity index (χ0) is 26.2. The molecule has 0 bridgehead atoms. The standard InChI is InChI=1S/C30H28N2O4S/c1-4-36-29(33)19-27-30-22(3)18-24-12-8-9-13-26(24)32(30)28(23-10-6-5-7-11-23)20-31(27)37(34,35)25-16-14-21(2)15-17-25/h5-20,30H,4H2,1-3H3/b27-19+. The number of sulfonamides is 1. The minimum Gasteiger partial charge on any atom is -0.463 e. The number of fused-ring (bicyclic) bond motifs is 3. The van der Waals surface area contributed by atoms with E-state index in [1.807, 2.05) is 74.5 Å². The van der Waals surface area contributed by atoms with Crippen LogP contribution in [0, 0.1) is 6.92 Å². The van der Waals surface area contributed by atoms with Crippen LogP contribution in [0.4, 0.5) is 5.69 Å². The van der Waals surface area contributed by atoms with Crippen LogP contribution in [0.2, 0.25) is 0 Å². The van der Waals surface area contributed by atoms with E-state index in [0.717, 1.165) is 28.0 Å². The molecule has 37 heavy (non-hydrogen) atoms. The summed E-state index contributed by atoms with van der Waals surface area (Å²) >= 11 is 0. The van der Waals surface area contributed by atoms with Crippen LogP contribution in [0.15, 0.2) is 107 Å². The van der Waals surface area contributed by atoms with Crippen LogP contribution in [0.1, 0.15) is 30.5 Å². The summed E-state index contributed by atoms with van der Waals surface area (Å²) in [5, 5.41) is 0. The lowest BCUT2D eigenvalue weighted by atomic mass is 9.90. The van der Waals surface area contributed by atoms with Gasteiger partial charge in [-0.05, 0) is 55.7 Å². The van der Waals surface area contributed by atoms with Crippen LogP contribution >= 0.6 is 0 Å². The van der Waals surface area contributed by atoms with E-state index in [1.54, 1.807) is 37.4 Å². The highest BCUT2D eigenvalue weighted by atomic mass is 32.2. The fraction of sp³-hybridized carbons (Fsp3) is 0.167. The van der Waals surface area contributed by atoms with Crippen molar-refractivity contribution in [2.24, 2.45) is 0 Å². The van der Waals surface area contributed by atoms with Crippen molar-refractivity contribution in [2.75, 3.05) is 11.5 Å². The van der Waals surface area contributed by atoms with Crippen LogP contribution in [0.3, 0.4) is 0 Å². The van der Waals surface area contributed by atoms with Gasteiger partial charge in [0.15, 0.2) is 0 Å². The summed E-state index contributed by atoms with van der Waals surface area (Å²) in [6.07, 6.45) is 4.96. The van der Waals surface area contributed by atoms with Gasteiger partial charge in [-0.25, -0.2) is 17.5 Å². The summed E-state index contributed by atoms with van der Waals surface area (Å²) in [7, 11) is -4.05. The molecule has 0 aliphatic carbocycles. The van der Waals surface area contributed by atoms with E-state index in [2.05, 4.69) is 4.90 Å². The van der Waals surface area contributed by atoms with E-state index >= 15 is 0 Å². The first-order chi connectivity index (χ1) is 17.8. The highest BCUT2D eigenvalue weighted by Crippen LogP contribution is 2.45. The molecule has 0 amide bonds. The highest BCUT2D eigenvalue weighted by molar-refractivity contribution is 7.89. The van der Waals surface area contributed by atoms with Crippen molar-refractivity contribution in [3.05, 3.63) is 119 Å². The quantitative estimate of drug-likeness (QED) is 0.322. The molecule has 188 valence electrons. The molecule has 0 saturated heterocycles. The molecule has 3 aromatic carbocycles. The van der Waals surface area contributed by atoms with Crippen LogP contribution in [-0.2, 0) is 19.6 Å². The van der Waals surface area contributed by atoms with E-state index in [4.69, 9.17) is 4.74 Å². The van der Waals surface area contributed by atoms with Crippen molar-refractivity contribution < 1.29 is 17.9 Å². The number of esters is 1. The molecule has 2 heterocycles.